The Balaban J connectivity index is 1.48. The van der Waals surface area contributed by atoms with Crippen LogP contribution in [0.15, 0.2) is 60.8 Å². The number of rotatable bonds is 7. The zero-order valence-corrected chi connectivity index (χ0v) is 15.0. The van der Waals surface area contributed by atoms with Gasteiger partial charge in [0, 0.05) is 37.9 Å². The van der Waals surface area contributed by atoms with Gasteiger partial charge in [-0.1, -0.05) is 30.3 Å². The second-order valence-electron chi connectivity index (χ2n) is 6.30. The molecule has 0 unspecified atom stereocenters. The number of aryl methyl sites for hydroxylation is 1. The Hall–Kier alpha value is -2.82. The van der Waals surface area contributed by atoms with Gasteiger partial charge in [-0.3, -0.25) is 0 Å². The Morgan fingerprint density at radius 2 is 2.00 bits per heavy atom. The minimum atomic E-state index is -0.280. The molecule has 1 aromatic heterocycles. The lowest BCUT2D eigenvalue weighted by atomic mass is 10.2. The molecule has 0 atom stereocenters. The molecule has 0 aliphatic rings. The molecule has 5 heteroatoms. The van der Waals surface area contributed by atoms with Crippen molar-refractivity contribution in [2.45, 2.75) is 26.4 Å². The number of benzene rings is 2. The Bertz CT molecular complexity index is 874. The van der Waals surface area contributed by atoms with E-state index in [-0.39, 0.29) is 11.8 Å². The van der Waals surface area contributed by atoms with E-state index in [9.17, 15) is 9.18 Å². The summed E-state index contributed by atoms with van der Waals surface area (Å²) in [5.41, 5.74) is 2.00. The van der Waals surface area contributed by atoms with Crippen molar-refractivity contribution in [3.8, 4) is 0 Å². The number of urea groups is 1. The van der Waals surface area contributed by atoms with Crippen LogP contribution < -0.4 is 5.32 Å². The maximum Gasteiger partial charge on any atom is 0.317 e. The molecule has 2 amide bonds. The molecule has 0 aliphatic heterocycles. The maximum absolute atomic E-state index is 13.3. The van der Waals surface area contributed by atoms with Crippen molar-refractivity contribution in [1.82, 2.24) is 14.8 Å². The summed E-state index contributed by atoms with van der Waals surface area (Å²) in [6.45, 7) is 4.35. The van der Waals surface area contributed by atoms with E-state index < -0.39 is 0 Å². The highest BCUT2D eigenvalue weighted by Gasteiger charge is 2.11. The van der Waals surface area contributed by atoms with Gasteiger partial charge < -0.3 is 14.8 Å². The number of hydrogen-bond donors (Lipinski definition) is 1. The number of fused-ring (bicyclic) bond motifs is 1. The quantitative estimate of drug-likeness (QED) is 0.628. The minimum absolute atomic E-state index is 0.117. The molecule has 26 heavy (non-hydrogen) atoms. The molecule has 0 fully saturated rings. The molecule has 0 aliphatic carbocycles. The molecule has 3 aromatic rings. The summed E-state index contributed by atoms with van der Waals surface area (Å²) in [5, 5.41) is 4.18. The van der Waals surface area contributed by atoms with E-state index in [0.717, 1.165) is 18.5 Å². The third-order valence-electron chi connectivity index (χ3n) is 4.46. The number of hydrogen-bond acceptors (Lipinski definition) is 1. The summed E-state index contributed by atoms with van der Waals surface area (Å²) in [6.07, 6.45) is 2.93. The van der Waals surface area contributed by atoms with Gasteiger partial charge in [-0.25, -0.2) is 9.18 Å². The van der Waals surface area contributed by atoms with Crippen molar-refractivity contribution in [2.75, 3.05) is 13.1 Å². The number of para-hydroxylation sites is 1. The SMILES string of the molecule is CCN(Cc1cccc(F)c1)C(=O)NCCCn1ccc2ccccc21. The fraction of sp³-hybridized carbons (Fsp3) is 0.286. The van der Waals surface area contributed by atoms with Gasteiger partial charge in [0.25, 0.3) is 0 Å². The molecule has 2 aromatic carbocycles. The summed E-state index contributed by atoms with van der Waals surface area (Å²) in [5.74, 6) is -0.280. The fourth-order valence-electron chi connectivity index (χ4n) is 3.08. The lowest BCUT2D eigenvalue weighted by Gasteiger charge is -2.21. The fourth-order valence-corrected chi connectivity index (χ4v) is 3.08. The van der Waals surface area contributed by atoms with Gasteiger partial charge in [-0.2, -0.15) is 0 Å². The van der Waals surface area contributed by atoms with Crippen molar-refractivity contribution in [2.24, 2.45) is 0 Å². The van der Waals surface area contributed by atoms with Gasteiger partial charge in [0.2, 0.25) is 0 Å². The molecular formula is C21H24FN3O. The topological polar surface area (TPSA) is 37.3 Å². The second kappa shape index (κ2) is 8.52. The molecule has 0 bridgehead atoms. The third-order valence-corrected chi connectivity index (χ3v) is 4.46. The smallest absolute Gasteiger partial charge is 0.317 e. The minimum Gasteiger partial charge on any atom is -0.347 e. The van der Waals surface area contributed by atoms with E-state index in [1.54, 1.807) is 11.0 Å². The number of carbonyl (C=O) groups excluding carboxylic acids is 1. The lowest BCUT2D eigenvalue weighted by Crippen LogP contribution is -2.40. The molecule has 136 valence electrons. The Morgan fingerprint density at radius 1 is 1.15 bits per heavy atom. The average Bonchev–Trinajstić information content (AvgIpc) is 3.06. The van der Waals surface area contributed by atoms with Crippen molar-refractivity contribution in [3.63, 3.8) is 0 Å². The van der Waals surface area contributed by atoms with Gasteiger partial charge in [0.15, 0.2) is 0 Å². The van der Waals surface area contributed by atoms with Gasteiger partial charge in [-0.05, 0) is 48.6 Å². The summed E-state index contributed by atoms with van der Waals surface area (Å²) in [6, 6.07) is 16.6. The van der Waals surface area contributed by atoms with Crippen LogP contribution in [0, 0.1) is 5.82 Å². The predicted octanol–water partition coefficient (Wildman–Crippen LogP) is 4.40. The molecule has 1 N–H and O–H groups in total. The summed E-state index contributed by atoms with van der Waals surface area (Å²) in [4.78, 5) is 14.0. The first-order chi connectivity index (χ1) is 12.7. The number of nitrogens with zero attached hydrogens (tertiary/aromatic N) is 2. The first-order valence-corrected chi connectivity index (χ1v) is 8.98. The van der Waals surface area contributed by atoms with E-state index >= 15 is 0 Å². The van der Waals surface area contributed by atoms with E-state index in [4.69, 9.17) is 0 Å². The van der Waals surface area contributed by atoms with E-state index in [1.807, 2.05) is 25.1 Å². The van der Waals surface area contributed by atoms with Crippen molar-refractivity contribution in [1.29, 1.82) is 0 Å². The van der Waals surface area contributed by atoms with Crippen LogP contribution in [-0.4, -0.2) is 28.6 Å². The van der Waals surface area contributed by atoms with Crippen LogP contribution in [-0.2, 0) is 13.1 Å². The molecule has 3 rings (SSSR count). The van der Waals surface area contributed by atoms with E-state index in [1.165, 1.54) is 23.0 Å². The summed E-state index contributed by atoms with van der Waals surface area (Å²) >= 11 is 0. The second-order valence-corrected chi connectivity index (χ2v) is 6.30. The highest BCUT2D eigenvalue weighted by atomic mass is 19.1. The highest BCUT2D eigenvalue weighted by Crippen LogP contribution is 2.15. The van der Waals surface area contributed by atoms with Crippen molar-refractivity contribution < 1.29 is 9.18 Å². The largest absolute Gasteiger partial charge is 0.347 e. The Kier molecular flexibility index (Phi) is 5.89. The third kappa shape index (κ3) is 4.42. The molecule has 0 saturated heterocycles. The van der Waals surface area contributed by atoms with E-state index in [2.05, 4.69) is 34.3 Å². The molecule has 0 spiro atoms. The summed E-state index contributed by atoms with van der Waals surface area (Å²) < 4.78 is 15.5. The average molecular weight is 353 g/mol. The van der Waals surface area contributed by atoms with Gasteiger partial charge >= 0.3 is 6.03 Å². The Morgan fingerprint density at radius 3 is 2.81 bits per heavy atom. The molecule has 1 heterocycles. The van der Waals surface area contributed by atoms with Crippen LogP contribution in [0.5, 0.6) is 0 Å². The zero-order chi connectivity index (χ0) is 18.4. The van der Waals surface area contributed by atoms with Crippen LogP contribution in [0.2, 0.25) is 0 Å². The highest BCUT2D eigenvalue weighted by molar-refractivity contribution is 5.79. The maximum atomic E-state index is 13.3. The van der Waals surface area contributed by atoms with Crippen LogP contribution >= 0.6 is 0 Å². The van der Waals surface area contributed by atoms with Crippen LogP contribution in [0.25, 0.3) is 10.9 Å². The number of nitrogens with one attached hydrogen (secondary N) is 1. The normalized spacial score (nSPS) is 10.8. The summed E-state index contributed by atoms with van der Waals surface area (Å²) in [7, 11) is 0. The number of aromatic nitrogens is 1. The molecular weight excluding hydrogens is 329 g/mol. The van der Waals surface area contributed by atoms with Gasteiger partial charge in [0.05, 0.1) is 0 Å². The molecule has 4 nitrogen and oxygen atoms in total. The van der Waals surface area contributed by atoms with Crippen molar-refractivity contribution in [3.05, 3.63) is 72.2 Å². The molecule has 0 radical (unpaired) electrons. The van der Waals surface area contributed by atoms with Crippen LogP contribution in [0.3, 0.4) is 0 Å². The first kappa shape index (κ1) is 18.0. The monoisotopic (exact) mass is 353 g/mol. The molecule has 0 saturated carbocycles. The van der Waals surface area contributed by atoms with Crippen molar-refractivity contribution >= 4 is 16.9 Å². The predicted molar refractivity (Wildman–Crippen MR) is 102 cm³/mol. The number of carbonyl (C=O) groups is 1. The standard InChI is InChI=1S/C21H24FN3O/c1-2-24(16-17-7-5-9-19(22)15-17)21(26)23-12-6-13-25-14-11-18-8-3-4-10-20(18)25/h3-5,7-11,14-15H,2,6,12-13,16H2,1H3,(H,23,26). The Labute approximate surface area is 153 Å². The van der Waals surface area contributed by atoms with Crippen LogP contribution in [0.4, 0.5) is 9.18 Å². The van der Waals surface area contributed by atoms with E-state index in [0.29, 0.717) is 19.6 Å². The van der Waals surface area contributed by atoms with Gasteiger partial charge in [0.1, 0.15) is 5.82 Å². The van der Waals surface area contributed by atoms with Gasteiger partial charge in [-0.15, -0.1) is 0 Å². The van der Waals surface area contributed by atoms with Crippen LogP contribution in [0.1, 0.15) is 18.9 Å². The zero-order valence-electron chi connectivity index (χ0n) is 15.0. The first-order valence-electron chi connectivity index (χ1n) is 8.98. The lowest BCUT2D eigenvalue weighted by molar-refractivity contribution is 0.198. The number of halogens is 1. The number of amides is 2.